The van der Waals surface area contributed by atoms with E-state index in [4.69, 9.17) is 4.74 Å². The molecule has 0 fully saturated rings. The molecular weight excluding hydrogens is 194 g/mol. The molecule has 1 rings (SSSR count). The Balaban J connectivity index is 2.70. The van der Waals surface area contributed by atoms with Gasteiger partial charge in [-0.05, 0) is 18.6 Å². The second-order valence-corrected chi connectivity index (χ2v) is 2.96. The number of hydrogen-bond acceptors (Lipinski definition) is 2. The SMILES string of the molecule is CCOC(=O)Nc1ccccc1CC[O]. The molecule has 1 amide bonds. The Morgan fingerprint density at radius 3 is 2.80 bits per heavy atom. The minimum absolute atomic E-state index is 0.193. The van der Waals surface area contributed by atoms with Gasteiger partial charge in [0.25, 0.3) is 0 Å². The Hall–Kier alpha value is -1.55. The predicted molar refractivity (Wildman–Crippen MR) is 56.3 cm³/mol. The molecular formula is C11H14NO3. The predicted octanol–water partition coefficient (Wildman–Crippen LogP) is 2.23. The van der Waals surface area contributed by atoms with Crippen molar-refractivity contribution in [1.29, 1.82) is 0 Å². The van der Waals surface area contributed by atoms with Crippen LogP contribution in [0.1, 0.15) is 12.5 Å². The third-order valence-electron chi connectivity index (χ3n) is 1.90. The molecule has 0 spiro atoms. The molecule has 0 aliphatic carbocycles. The summed E-state index contributed by atoms with van der Waals surface area (Å²) < 4.78 is 4.75. The van der Waals surface area contributed by atoms with E-state index in [0.29, 0.717) is 18.7 Å². The van der Waals surface area contributed by atoms with E-state index in [0.717, 1.165) is 5.56 Å². The maximum atomic E-state index is 11.2. The van der Waals surface area contributed by atoms with Gasteiger partial charge in [-0.15, -0.1) is 0 Å². The molecule has 1 aromatic carbocycles. The zero-order chi connectivity index (χ0) is 11.1. The average Bonchev–Trinajstić information content (AvgIpc) is 2.21. The van der Waals surface area contributed by atoms with Crippen molar-refractivity contribution in [2.24, 2.45) is 0 Å². The van der Waals surface area contributed by atoms with Crippen molar-refractivity contribution in [2.75, 3.05) is 18.5 Å². The second kappa shape index (κ2) is 6.03. The van der Waals surface area contributed by atoms with Gasteiger partial charge < -0.3 is 4.74 Å². The van der Waals surface area contributed by atoms with E-state index >= 15 is 0 Å². The third kappa shape index (κ3) is 3.59. The molecule has 81 valence electrons. The molecule has 0 heterocycles. The van der Waals surface area contributed by atoms with Gasteiger partial charge in [0.1, 0.15) is 0 Å². The monoisotopic (exact) mass is 208 g/mol. The van der Waals surface area contributed by atoms with Gasteiger partial charge in [0.15, 0.2) is 0 Å². The lowest BCUT2D eigenvalue weighted by Crippen LogP contribution is -2.14. The van der Waals surface area contributed by atoms with Crippen LogP contribution >= 0.6 is 0 Å². The highest BCUT2D eigenvalue weighted by Crippen LogP contribution is 2.15. The van der Waals surface area contributed by atoms with Crippen LogP contribution in [0.5, 0.6) is 0 Å². The summed E-state index contributed by atoms with van der Waals surface area (Å²) in [6.45, 7) is 1.88. The molecule has 0 saturated heterocycles. The van der Waals surface area contributed by atoms with Crippen molar-refractivity contribution in [3.05, 3.63) is 29.8 Å². The fraction of sp³-hybridized carbons (Fsp3) is 0.364. The van der Waals surface area contributed by atoms with E-state index in [1.54, 1.807) is 19.1 Å². The summed E-state index contributed by atoms with van der Waals surface area (Å²) in [6, 6.07) is 7.21. The number of carbonyl (C=O) groups excluding carboxylic acids is 1. The molecule has 0 aliphatic heterocycles. The number of amides is 1. The van der Waals surface area contributed by atoms with Crippen LogP contribution in [0, 0.1) is 0 Å². The second-order valence-electron chi connectivity index (χ2n) is 2.96. The lowest BCUT2D eigenvalue weighted by molar-refractivity contribution is 0.167. The van der Waals surface area contributed by atoms with Gasteiger partial charge in [0.05, 0.1) is 13.2 Å². The first-order valence-corrected chi connectivity index (χ1v) is 4.87. The number of rotatable bonds is 4. The summed E-state index contributed by atoms with van der Waals surface area (Å²) in [5, 5.41) is 13.1. The van der Waals surface area contributed by atoms with Gasteiger partial charge in [-0.1, -0.05) is 18.2 Å². The zero-order valence-corrected chi connectivity index (χ0v) is 8.66. The van der Waals surface area contributed by atoms with Crippen molar-refractivity contribution >= 4 is 11.8 Å². The number of benzene rings is 1. The maximum Gasteiger partial charge on any atom is 0.411 e. The quantitative estimate of drug-likeness (QED) is 0.824. The molecule has 1 N–H and O–H groups in total. The van der Waals surface area contributed by atoms with Crippen LogP contribution in [0.2, 0.25) is 0 Å². The van der Waals surface area contributed by atoms with E-state index in [1.807, 2.05) is 12.1 Å². The van der Waals surface area contributed by atoms with Crippen molar-refractivity contribution in [3.63, 3.8) is 0 Å². The van der Waals surface area contributed by atoms with E-state index in [1.165, 1.54) is 0 Å². The first-order valence-electron chi connectivity index (χ1n) is 4.87. The van der Waals surface area contributed by atoms with E-state index in [2.05, 4.69) is 5.32 Å². The van der Waals surface area contributed by atoms with Crippen LogP contribution in [0.4, 0.5) is 10.5 Å². The topological polar surface area (TPSA) is 58.2 Å². The summed E-state index contributed by atoms with van der Waals surface area (Å²) in [4.78, 5) is 11.2. The fourth-order valence-electron chi connectivity index (χ4n) is 1.25. The van der Waals surface area contributed by atoms with Crippen molar-refractivity contribution < 1.29 is 14.6 Å². The van der Waals surface area contributed by atoms with Crippen LogP contribution in [-0.4, -0.2) is 19.3 Å². The lowest BCUT2D eigenvalue weighted by atomic mass is 10.1. The summed E-state index contributed by atoms with van der Waals surface area (Å²) in [7, 11) is 0. The van der Waals surface area contributed by atoms with Gasteiger partial charge in [-0.3, -0.25) is 5.32 Å². The Labute approximate surface area is 88.9 Å². The van der Waals surface area contributed by atoms with E-state index < -0.39 is 6.09 Å². The van der Waals surface area contributed by atoms with Crippen molar-refractivity contribution in [3.8, 4) is 0 Å². The smallest absolute Gasteiger partial charge is 0.411 e. The molecule has 15 heavy (non-hydrogen) atoms. The number of ether oxygens (including phenoxy) is 1. The van der Waals surface area contributed by atoms with Crippen molar-refractivity contribution in [1.82, 2.24) is 0 Å². The molecule has 1 radical (unpaired) electrons. The largest absolute Gasteiger partial charge is 0.450 e. The normalized spacial score (nSPS) is 9.73. The van der Waals surface area contributed by atoms with Crippen LogP contribution in [0.3, 0.4) is 0 Å². The summed E-state index contributed by atoms with van der Waals surface area (Å²) in [5.74, 6) is 0. The van der Waals surface area contributed by atoms with E-state index in [9.17, 15) is 9.90 Å². The van der Waals surface area contributed by atoms with Crippen molar-refractivity contribution in [2.45, 2.75) is 13.3 Å². The number of hydrogen-bond donors (Lipinski definition) is 1. The highest BCUT2D eigenvalue weighted by atomic mass is 16.5. The van der Waals surface area contributed by atoms with Crippen LogP contribution in [0.25, 0.3) is 0 Å². The van der Waals surface area contributed by atoms with Gasteiger partial charge in [0.2, 0.25) is 0 Å². The number of para-hydroxylation sites is 1. The number of carbonyl (C=O) groups is 1. The zero-order valence-electron chi connectivity index (χ0n) is 8.66. The minimum atomic E-state index is -0.490. The van der Waals surface area contributed by atoms with E-state index in [-0.39, 0.29) is 6.61 Å². The first-order chi connectivity index (χ1) is 7.27. The highest BCUT2D eigenvalue weighted by molar-refractivity contribution is 5.85. The Kier molecular flexibility index (Phi) is 4.63. The maximum absolute atomic E-state index is 11.2. The molecule has 4 heteroatoms. The van der Waals surface area contributed by atoms with Crippen LogP contribution < -0.4 is 5.32 Å². The molecule has 0 bridgehead atoms. The Morgan fingerprint density at radius 2 is 2.13 bits per heavy atom. The summed E-state index contributed by atoms with van der Waals surface area (Å²) in [6.07, 6.45) is -0.0846. The molecule has 1 aromatic rings. The minimum Gasteiger partial charge on any atom is -0.450 e. The van der Waals surface area contributed by atoms with Gasteiger partial charge in [0, 0.05) is 12.1 Å². The molecule has 0 unspecified atom stereocenters. The number of anilines is 1. The number of nitrogens with one attached hydrogen (secondary N) is 1. The Bertz CT molecular complexity index is 325. The first kappa shape index (κ1) is 11.5. The van der Waals surface area contributed by atoms with Gasteiger partial charge >= 0.3 is 6.09 Å². The molecule has 0 atom stereocenters. The molecule has 0 aromatic heterocycles. The standard InChI is InChI=1S/C11H14NO3/c1-2-15-11(14)12-10-6-4-3-5-9(10)7-8-13/h3-6H,2,7-8H2,1H3,(H,12,14). The molecule has 0 aliphatic rings. The Morgan fingerprint density at radius 1 is 1.40 bits per heavy atom. The van der Waals surface area contributed by atoms with Crippen LogP contribution in [0.15, 0.2) is 24.3 Å². The average molecular weight is 208 g/mol. The molecule has 4 nitrogen and oxygen atoms in total. The van der Waals surface area contributed by atoms with Gasteiger partial charge in [-0.2, -0.15) is 0 Å². The summed E-state index contributed by atoms with van der Waals surface area (Å²) in [5.41, 5.74) is 1.48. The highest BCUT2D eigenvalue weighted by Gasteiger charge is 2.05. The lowest BCUT2D eigenvalue weighted by Gasteiger charge is -2.09. The molecule has 0 saturated carbocycles. The van der Waals surface area contributed by atoms with Crippen LogP contribution in [-0.2, 0) is 16.3 Å². The third-order valence-corrected chi connectivity index (χ3v) is 1.90. The van der Waals surface area contributed by atoms with Gasteiger partial charge in [-0.25, -0.2) is 9.90 Å². The fourth-order valence-corrected chi connectivity index (χ4v) is 1.25. The summed E-state index contributed by atoms with van der Waals surface area (Å²) >= 11 is 0.